The molecule has 0 atom stereocenters. The second-order valence-corrected chi connectivity index (χ2v) is 5.67. The Morgan fingerprint density at radius 1 is 1.00 bits per heavy atom. The van der Waals surface area contributed by atoms with Crippen LogP contribution in [-0.4, -0.2) is 26.2 Å². The molecular formula is C20H27FIN3O. The standard InChI is InChI=1S/C20H26FN3O.HI/c1-3-22-20(23-13-12-16-8-6-7-11-19(16)21)24-14-17-9-4-5-10-18(17)15-25-2;/h4-11H,3,12-15H2,1-2H3,(H2,22,23,24);1H. The Labute approximate surface area is 172 Å². The highest BCUT2D eigenvalue weighted by Gasteiger charge is 2.04. The van der Waals surface area contributed by atoms with Crippen molar-refractivity contribution in [1.29, 1.82) is 0 Å². The van der Waals surface area contributed by atoms with Gasteiger partial charge in [0.05, 0.1) is 13.2 Å². The quantitative estimate of drug-likeness (QED) is 0.349. The summed E-state index contributed by atoms with van der Waals surface area (Å²) >= 11 is 0. The van der Waals surface area contributed by atoms with Crippen molar-refractivity contribution in [3.63, 3.8) is 0 Å². The highest BCUT2D eigenvalue weighted by atomic mass is 127. The third-order valence-electron chi connectivity index (χ3n) is 3.81. The molecule has 0 unspecified atom stereocenters. The van der Waals surface area contributed by atoms with E-state index in [-0.39, 0.29) is 29.8 Å². The van der Waals surface area contributed by atoms with Crippen molar-refractivity contribution >= 4 is 29.9 Å². The summed E-state index contributed by atoms with van der Waals surface area (Å²) in [6.07, 6.45) is 0.608. The second kappa shape index (κ2) is 12.6. The summed E-state index contributed by atoms with van der Waals surface area (Å²) in [4.78, 5) is 4.63. The van der Waals surface area contributed by atoms with Crippen molar-refractivity contribution in [2.75, 3.05) is 20.2 Å². The predicted octanol–water partition coefficient (Wildman–Crippen LogP) is 3.89. The molecule has 0 bridgehead atoms. The smallest absolute Gasteiger partial charge is 0.191 e. The molecule has 0 fully saturated rings. The van der Waals surface area contributed by atoms with Crippen LogP contribution >= 0.6 is 24.0 Å². The van der Waals surface area contributed by atoms with Crippen LogP contribution in [0.15, 0.2) is 53.5 Å². The van der Waals surface area contributed by atoms with Gasteiger partial charge in [-0.25, -0.2) is 9.38 Å². The van der Waals surface area contributed by atoms with Crippen molar-refractivity contribution in [2.24, 2.45) is 4.99 Å². The number of guanidine groups is 1. The molecule has 142 valence electrons. The maximum Gasteiger partial charge on any atom is 0.191 e. The first-order chi connectivity index (χ1) is 12.2. The lowest BCUT2D eigenvalue weighted by atomic mass is 10.1. The molecule has 0 aliphatic heterocycles. The average Bonchev–Trinajstić information content (AvgIpc) is 2.62. The Morgan fingerprint density at radius 3 is 2.31 bits per heavy atom. The van der Waals surface area contributed by atoms with Gasteiger partial charge in [0.1, 0.15) is 5.82 Å². The minimum absolute atomic E-state index is 0. The van der Waals surface area contributed by atoms with Crippen molar-refractivity contribution in [3.05, 3.63) is 71.0 Å². The molecule has 0 saturated heterocycles. The van der Waals surface area contributed by atoms with Gasteiger partial charge >= 0.3 is 0 Å². The van der Waals surface area contributed by atoms with E-state index in [0.29, 0.717) is 31.7 Å². The zero-order valence-corrected chi connectivity index (χ0v) is 17.6. The second-order valence-electron chi connectivity index (χ2n) is 5.67. The maximum absolute atomic E-state index is 13.7. The summed E-state index contributed by atoms with van der Waals surface area (Å²) < 4.78 is 18.9. The van der Waals surface area contributed by atoms with Gasteiger partial charge < -0.3 is 15.4 Å². The van der Waals surface area contributed by atoms with E-state index in [9.17, 15) is 4.39 Å². The molecule has 0 amide bonds. The van der Waals surface area contributed by atoms with Gasteiger partial charge in [-0.2, -0.15) is 0 Å². The molecule has 0 aliphatic rings. The number of nitrogens with zero attached hydrogens (tertiary/aromatic N) is 1. The van der Waals surface area contributed by atoms with Gasteiger partial charge in [-0.1, -0.05) is 42.5 Å². The maximum atomic E-state index is 13.7. The van der Waals surface area contributed by atoms with E-state index in [0.717, 1.165) is 23.6 Å². The fraction of sp³-hybridized carbons (Fsp3) is 0.350. The number of methoxy groups -OCH3 is 1. The zero-order valence-electron chi connectivity index (χ0n) is 15.3. The van der Waals surface area contributed by atoms with Crippen LogP contribution in [0.4, 0.5) is 4.39 Å². The Balaban J connectivity index is 0.00000338. The van der Waals surface area contributed by atoms with Gasteiger partial charge in [0, 0.05) is 20.2 Å². The van der Waals surface area contributed by atoms with Crippen LogP contribution in [0.5, 0.6) is 0 Å². The highest BCUT2D eigenvalue weighted by molar-refractivity contribution is 14.0. The third kappa shape index (κ3) is 7.29. The lowest BCUT2D eigenvalue weighted by molar-refractivity contribution is 0.184. The molecule has 0 spiro atoms. The van der Waals surface area contributed by atoms with E-state index in [1.807, 2.05) is 37.3 Å². The first-order valence-electron chi connectivity index (χ1n) is 8.56. The number of aliphatic imine (C=N–C) groups is 1. The van der Waals surface area contributed by atoms with Crippen molar-refractivity contribution in [1.82, 2.24) is 10.6 Å². The molecule has 6 heteroatoms. The minimum Gasteiger partial charge on any atom is -0.380 e. The summed E-state index contributed by atoms with van der Waals surface area (Å²) in [5, 5.41) is 6.48. The van der Waals surface area contributed by atoms with Crippen molar-refractivity contribution in [2.45, 2.75) is 26.5 Å². The van der Waals surface area contributed by atoms with Crippen molar-refractivity contribution in [3.8, 4) is 0 Å². The molecule has 4 nitrogen and oxygen atoms in total. The molecule has 0 heterocycles. The van der Waals surface area contributed by atoms with Gasteiger partial charge in [-0.3, -0.25) is 0 Å². The molecular weight excluding hydrogens is 444 g/mol. The Kier molecular flexibility index (Phi) is 10.9. The number of benzene rings is 2. The fourth-order valence-corrected chi connectivity index (χ4v) is 2.53. The molecule has 0 aromatic heterocycles. The van der Waals surface area contributed by atoms with Gasteiger partial charge in [-0.05, 0) is 36.1 Å². The van der Waals surface area contributed by atoms with Crippen LogP contribution in [0, 0.1) is 5.82 Å². The Hall–Kier alpha value is -1.67. The summed E-state index contributed by atoms with van der Waals surface area (Å²) in [5.74, 6) is 0.561. The molecule has 2 N–H and O–H groups in total. The predicted molar refractivity (Wildman–Crippen MR) is 115 cm³/mol. The van der Waals surface area contributed by atoms with E-state index in [4.69, 9.17) is 4.74 Å². The molecule has 0 aliphatic carbocycles. The fourth-order valence-electron chi connectivity index (χ4n) is 2.53. The van der Waals surface area contributed by atoms with Crippen LogP contribution in [0.25, 0.3) is 0 Å². The summed E-state index contributed by atoms with van der Waals surface area (Å²) in [7, 11) is 1.69. The number of hydrogen-bond acceptors (Lipinski definition) is 2. The third-order valence-corrected chi connectivity index (χ3v) is 3.81. The van der Waals surface area contributed by atoms with E-state index in [2.05, 4.69) is 21.7 Å². The number of hydrogen-bond donors (Lipinski definition) is 2. The SMILES string of the molecule is CCNC(=NCc1ccccc1COC)NCCc1ccccc1F.I. The molecule has 2 aromatic rings. The summed E-state index contributed by atoms with van der Waals surface area (Å²) in [6.45, 7) is 4.54. The summed E-state index contributed by atoms with van der Waals surface area (Å²) in [6, 6.07) is 15.0. The molecule has 0 saturated carbocycles. The molecule has 26 heavy (non-hydrogen) atoms. The summed E-state index contributed by atoms with van der Waals surface area (Å²) in [5.41, 5.74) is 2.97. The van der Waals surface area contributed by atoms with Crippen LogP contribution < -0.4 is 10.6 Å². The van der Waals surface area contributed by atoms with E-state index in [1.54, 1.807) is 13.2 Å². The zero-order chi connectivity index (χ0) is 17.9. The van der Waals surface area contributed by atoms with E-state index < -0.39 is 0 Å². The van der Waals surface area contributed by atoms with Gasteiger partial charge in [0.2, 0.25) is 0 Å². The van der Waals surface area contributed by atoms with Crippen LogP contribution in [-0.2, 0) is 24.3 Å². The Morgan fingerprint density at radius 2 is 1.65 bits per heavy atom. The number of nitrogens with one attached hydrogen (secondary N) is 2. The lowest BCUT2D eigenvalue weighted by Crippen LogP contribution is -2.38. The number of ether oxygens (including phenoxy) is 1. The van der Waals surface area contributed by atoms with Crippen LogP contribution in [0.1, 0.15) is 23.6 Å². The van der Waals surface area contributed by atoms with Crippen LogP contribution in [0.3, 0.4) is 0 Å². The minimum atomic E-state index is -0.167. The first kappa shape index (κ1) is 22.4. The van der Waals surface area contributed by atoms with Crippen molar-refractivity contribution < 1.29 is 9.13 Å². The lowest BCUT2D eigenvalue weighted by Gasteiger charge is -2.12. The van der Waals surface area contributed by atoms with E-state index in [1.165, 1.54) is 6.07 Å². The Bertz CT molecular complexity index is 694. The average molecular weight is 471 g/mol. The van der Waals surface area contributed by atoms with Gasteiger partial charge in [0.25, 0.3) is 0 Å². The molecule has 0 radical (unpaired) electrons. The topological polar surface area (TPSA) is 45.7 Å². The first-order valence-corrected chi connectivity index (χ1v) is 8.56. The monoisotopic (exact) mass is 471 g/mol. The highest BCUT2D eigenvalue weighted by Crippen LogP contribution is 2.11. The largest absolute Gasteiger partial charge is 0.380 e. The van der Waals surface area contributed by atoms with Gasteiger partial charge in [0.15, 0.2) is 5.96 Å². The normalized spacial score (nSPS) is 11.0. The van der Waals surface area contributed by atoms with E-state index >= 15 is 0 Å². The van der Waals surface area contributed by atoms with Crippen LogP contribution in [0.2, 0.25) is 0 Å². The molecule has 2 aromatic carbocycles. The van der Waals surface area contributed by atoms with Gasteiger partial charge in [-0.15, -0.1) is 24.0 Å². The number of halogens is 2. The molecule has 2 rings (SSSR count). The number of rotatable bonds is 8.